The molecule has 0 unspecified atom stereocenters. The molecule has 124 valence electrons. The molecule has 0 aliphatic carbocycles. The first-order valence-corrected chi connectivity index (χ1v) is 8.36. The molecule has 2 heteroatoms. The highest BCUT2D eigenvalue weighted by molar-refractivity contribution is 6.47. The molecule has 0 heterocycles. The number of nitrogens with zero attached hydrogens (tertiary/aromatic N) is 1. The van der Waals surface area contributed by atoms with Crippen LogP contribution in [-0.4, -0.2) is 33.9 Å². The first-order valence-electron chi connectivity index (χ1n) is 8.36. The minimum Gasteiger partial charge on any atom is -0.312 e. The fourth-order valence-corrected chi connectivity index (χ4v) is 2.45. The summed E-state index contributed by atoms with van der Waals surface area (Å²) in [5, 5.41) is 0. The molecule has 0 aromatic heterocycles. The van der Waals surface area contributed by atoms with Gasteiger partial charge in [0.15, 0.2) is 0 Å². The van der Waals surface area contributed by atoms with E-state index < -0.39 is 0 Å². The fourth-order valence-electron chi connectivity index (χ4n) is 2.45. The van der Waals surface area contributed by atoms with E-state index in [9.17, 15) is 0 Å². The molecule has 0 saturated carbocycles. The average molecular weight is 325 g/mol. The van der Waals surface area contributed by atoms with Gasteiger partial charge in [-0.2, -0.15) is 0 Å². The summed E-state index contributed by atoms with van der Waals surface area (Å²) in [6.45, 7) is 0. The lowest BCUT2D eigenvalue weighted by atomic mass is 9.79. The number of rotatable bonds is 3. The van der Waals surface area contributed by atoms with Gasteiger partial charge in [-0.1, -0.05) is 96.5 Å². The van der Waals surface area contributed by atoms with Crippen molar-refractivity contribution in [3.8, 4) is 0 Å². The third kappa shape index (κ3) is 5.77. The Balaban J connectivity index is 0.000000511. The summed E-state index contributed by atoms with van der Waals surface area (Å²) in [4.78, 5) is 2.00. The molecule has 2 radical (unpaired) electrons. The van der Waals surface area contributed by atoms with Crippen LogP contribution in [0, 0.1) is 0 Å². The van der Waals surface area contributed by atoms with E-state index in [4.69, 9.17) is 7.85 Å². The van der Waals surface area contributed by atoms with Gasteiger partial charge in [-0.05, 0) is 43.4 Å². The second-order valence-corrected chi connectivity index (χ2v) is 6.23. The Bertz CT molecular complexity index is 734. The number of hydrogen-bond acceptors (Lipinski definition) is 1. The standard InChI is InChI=1S/C20H15B.C3H9N/c21-20(18-14-8-3-9-15-18)19(16-10-4-1-5-11-16)17-12-6-2-7-13-17;1-4(2)3/h1-15H;1-3H3. The first kappa shape index (κ1) is 18.8. The Morgan fingerprint density at radius 3 is 1.16 bits per heavy atom. The molecular formula is C23H24BN. The molecule has 3 aromatic carbocycles. The molecule has 0 N–H and O–H groups in total. The van der Waals surface area contributed by atoms with Gasteiger partial charge in [0.25, 0.3) is 0 Å². The molecule has 0 fully saturated rings. The highest BCUT2D eigenvalue weighted by Gasteiger charge is 2.09. The third-order valence-electron chi connectivity index (χ3n) is 3.48. The van der Waals surface area contributed by atoms with Crippen LogP contribution in [0.15, 0.2) is 91.0 Å². The van der Waals surface area contributed by atoms with Crippen LogP contribution in [0.2, 0.25) is 0 Å². The van der Waals surface area contributed by atoms with E-state index in [2.05, 4.69) is 24.3 Å². The summed E-state index contributed by atoms with van der Waals surface area (Å²) in [5.41, 5.74) is 5.17. The second kappa shape index (κ2) is 9.66. The third-order valence-corrected chi connectivity index (χ3v) is 3.48. The molecule has 3 rings (SSSR count). The summed E-state index contributed by atoms with van der Waals surface area (Å²) in [6.07, 6.45) is 0. The summed E-state index contributed by atoms with van der Waals surface area (Å²) in [5.74, 6) is 0. The molecule has 0 aliphatic heterocycles. The van der Waals surface area contributed by atoms with Crippen molar-refractivity contribution in [3.63, 3.8) is 0 Å². The van der Waals surface area contributed by atoms with Crippen molar-refractivity contribution < 1.29 is 0 Å². The van der Waals surface area contributed by atoms with Crippen LogP contribution >= 0.6 is 0 Å². The molecule has 0 aliphatic rings. The van der Waals surface area contributed by atoms with E-state index in [0.717, 1.165) is 27.7 Å². The molecule has 0 spiro atoms. The zero-order chi connectivity index (χ0) is 18.1. The summed E-state index contributed by atoms with van der Waals surface area (Å²) in [7, 11) is 12.5. The van der Waals surface area contributed by atoms with Crippen molar-refractivity contribution in [2.24, 2.45) is 0 Å². The van der Waals surface area contributed by atoms with Gasteiger partial charge in [0.1, 0.15) is 7.85 Å². The summed E-state index contributed by atoms with van der Waals surface area (Å²) >= 11 is 0. The van der Waals surface area contributed by atoms with Crippen molar-refractivity contribution in [2.45, 2.75) is 0 Å². The fraction of sp³-hybridized carbons (Fsp3) is 0.130. The van der Waals surface area contributed by atoms with Gasteiger partial charge in [0.2, 0.25) is 0 Å². The SMILES string of the molecule is CN(C)C.[B]C(=C(c1ccccc1)c1ccccc1)c1ccccc1. The van der Waals surface area contributed by atoms with Crippen molar-refractivity contribution in [2.75, 3.05) is 21.1 Å². The maximum absolute atomic E-state index is 6.48. The van der Waals surface area contributed by atoms with Crippen LogP contribution in [0.25, 0.3) is 11.0 Å². The Morgan fingerprint density at radius 1 is 0.560 bits per heavy atom. The molecule has 3 aromatic rings. The van der Waals surface area contributed by atoms with Crippen molar-refractivity contribution in [1.29, 1.82) is 0 Å². The minimum atomic E-state index is 0.799. The molecule has 25 heavy (non-hydrogen) atoms. The molecule has 0 atom stereocenters. The normalized spacial score (nSPS) is 9.92. The zero-order valence-corrected chi connectivity index (χ0v) is 15.2. The quantitative estimate of drug-likeness (QED) is 0.486. The van der Waals surface area contributed by atoms with Gasteiger partial charge in [0.05, 0.1) is 0 Å². The molecular weight excluding hydrogens is 301 g/mol. The van der Waals surface area contributed by atoms with Crippen LogP contribution in [-0.2, 0) is 0 Å². The van der Waals surface area contributed by atoms with E-state index in [1.807, 2.05) is 92.8 Å². The van der Waals surface area contributed by atoms with E-state index in [1.54, 1.807) is 0 Å². The van der Waals surface area contributed by atoms with Crippen LogP contribution in [0.3, 0.4) is 0 Å². The lowest BCUT2D eigenvalue weighted by Gasteiger charge is -2.14. The first-order chi connectivity index (χ1) is 12.1. The lowest BCUT2D eigenvalue weighted by Crippen LogP contribution is -1.99. The number of benzene rings is 3. The second-order valence-electron chi connectivity index (χ2n) is 6.23. The van der Waals surface area contributed by atoms with Crippen LogP contribution < -0.4 is 0 Å². The van der Waals surface area contributed by atoms with Crippen molar-refractivity contribution in [1.82, 2.24) is 4.90 Å². The largest absolute Gasteiger partial charge is 0.312 e. The van der Waals surface area contributed by atoms with E-state index in [1.165, 1.54) is 0 Å². The zero-order valence-electron chi connectivity index (χ0n) is 15.2. The molecule has 0 amide bonds. The summed E-state index contributed by atoms with van der Waals surface area (Å²) in [6, 6.07) is 30.7. The topological polar surface area (TPSA) is 3.24 Å². The van der Waals surface area contributed by atoms with Crippen LogP contribution in [0.1, 0.15) is 16.7 Å². The highest BCUT2D eigenvalue weighted by Crippen LogP contribution is 2.30. The van der Waals surface area contributed by atoms with Gasteiger partial charge in [-0.3, -0.25) is 0 Å². The van der Waals surface area contributed by atoms with Gasteiger partial charge < -0.3 is 4.90 Å². The van der Waals surface area contributed by atoms with Gasteiger partial charge in [0, 0.05) is 0 Å². The number of hydrogen-bond donors (Lipinski definition) is 0. The van der Waals surface area contributed by atoms with Crippen molar-refractivity contribution >= 4 is 18.9 Å². The average Bonchev–Trinajstić information content (AvgIpc) is 2.64. The molecule has 1 nitrogen and oxygen atoms in total. The Hall–Kier alpha value is -2.58. The monoisotopic (exact) mass is 325 g/mol. The van der Waals surface area contributed by atoms with Gasteiger partial charge >= 0.3 is 0 Å². The van der Waals surface area contributed by atoms with E-state index in [0.29, 0.717) is 0 Å². The predicted molar refractivity (Wildman–Crippen MR) is 111 cm³/mol. The summed E-state index contributed by atoms with van der Waals surface area (Å²) < 4.78 is 0. The van der Waals surface area contributed by atoms with Crippen molar-refractivity contribution in [3.05, 3.63) is 108 Å². The van der Waals surface area contributed by atoms with E-state index >= 15 is 0 Å². The Kier molecular flexibility index (Phi) is 7.25. The predicted octanol–water partition coefficient (Wildman–Crippen LogP) is 4.95. The maximum Gasteiger partial charge on any atom is 0.115 e. The van der Waals surface area contributed by atoms with Crippen LogP contribution in [0.5, 0.6) is 0 Å². The maximum atomic E-state index is 6.48. The lowest BCUT2D eigenvalue weighted by molar-refractivity contribution is 0.505. The Labute approximate surface area is 153 Å². The highest BCUT2D eigenvalue weighted by atomic mass is 15.0. The minimum absolute atomic E-state index is 0.799. The molecule has 0 saturated heterocycles. The molecule has 0 bridgehead atoms. The smallest absolute Gasteiger partial charge is 0.115 e. The van der Waals surface area contributed by atoms with E-state index in [-0.39, 0.29) is 0 Å². The van der Waals surface area contributed by atoms with Gasteiger partial charge in [-0.25, -0.2) is 0 Å². The Morgan fingerprint density at radius 2 is 0.840 bits per heavy atom. The van der Waals surface area contributed by atoms with Crippen LogP contribution in [0.4, 0.5) is 0 Å². The van der Waals surface area contributed by atoms with Gasteiger partial charge in [-0.15, -0.1) is 0 Å².